The van der Waals surface area contributed by atoms with Crippen molar-refractivity contribution in [3.05, 3.63) is 42.5 Å². The number of nitrogen functional groups attached to an aromatic ring is 1. The number of nitrogens with zero attached hydrogens (tertiary/aromatic N) is 2. The van der Waals surface area contributed by atoms with Crippen LogP contribution in [0, 0.1) is 0 Å². The predicted octanol–water partition coefficient (Wildman–Crippen LogP) is 0.676. The van der Waals surface area contributed by atoms with Gasteiger partial charge < -0.3 is 21.4 Å². The van der Waals surface area contributed by atoms with E-state index in [1.54, 1.807) is 30.7 Å². The van der Waals surface area contributed by atoms with Crippen LogP contribution in [0.4, 0.5) is 11.4 Å². The summed E-state index contributed by atoms with van der Waals surface area (Å²) < 4.78 is 1.93. The molecule has 1 amide bonds. The van der Waals surface area contributed by atoms with E-state index in [2.05, 4.69) is 10.3 Å². The Morgan fingerprint density at radius 2 is 2.28 bits per heavy atom. The second-order valence-electron chi connectivity index (χ2n) is 3.90. The third kappa shape index (κ3) is 2.79. The highest BCUT2D eigenvalue weighted by Crippen LogP contribution is 2.18. The average Bonchev–Trinajstić information content (AvgIpc) is 2.82. The fourth-order valence-corrected chi connectivity index (χ4v) is 1.66. The number of aromatic nitrogens is 2. The lowest BCUT2D eigenvalue weighted by Crippen LogP contribution is -2.16. The summed E-state index contributed by atoms with van der Waals surface area (Å²) in [6, 6.07) is 4.98. The minimum atomic E-state index is -0.472. The lowest BCUT2D eigenvalue weighted by Gasteiger charge is -2.11. The number of imidazole rings is 1. The molecule has 0 aliphatic rings. The maximum atomic E-state index is 11.3. The zero-order valence-corrected chi connectivity index (χ0v) is 9.84. The minimum absolute atomic E-state index is 0.440. The maximum Gasteiger partial charge on any atom is 0.250 e. The van der Waals surface area contributed by atoms with Gasteiger partial charge in [-0.1, -0.05) is 0 Å². The van der Waals surface area contributed by atoms with Crippen LogP contribution < -0.4 is 16.8 Å². The number of amides is 1. The van der Waals surface area contributed by atoms with E-state index in [9.17, 15) is 4.79 Å². The number of rotatable bonds is 5. The van der Waals surface area contributed by atoms with E-state index in [1.807, 2.05) is 10.8 Å². The Kier molecular flexibility index (Phi) is 3.47. The van der Waals surface area contributed by atoms with Gasteiger partial charge in [-0.2, -0.15) is 0 Å². The van der Waals surface area contributed by atoms with Gasteiger partial charge in [0, 0.05) is 36.9 Å². The van der Waals surface area contributed by atoms with Gasteiger partial charge in [0.1, 0.15) is 0 Å². The number of carbonyl (C=O) groups excluding carboxylic acids is 1. The molecule has 0 saturated carbocycles. The third-order valence-corrected chi connectivity index (χ3v) is 2.55. The summed E-state index contributed by atoms with van der Waals surface area (Å²) in [7, 11) is 0. The first-order chi connectivity index (χ1) is 8.66. The van der Waals surface area contributed by atoms with E-state index < -0.39 is 5.91 Å². The molecular formula is C12H15N5O. The molecule has 0 radical (unpaired) electrons. The first kappa shape index (κ1) is 12.0. The number of hydrogen-bond donors (Lipinski definition) is 3. The molecule has 5 N–H and O–H groups in total. The van der Waals surface area contributed by atoms with Crippen LogP contribution in [0.5, 0.6) is 0 Å². The molecule has 18 heavy (non-hydrogen) atoms. The number of nitrogens with one attached hydrogen (secondary N) is 1. The van der Waals surface area contributed by atoms with Crippen molar-refractivity contribution in [2.24, 2.45) is 5.73 Å². The molecule has 0 unspecified atom stereocenters. The van der Waals surface area contributed by atoms with E-state index in [0.717, 1.165) is 6.54 Å². The highest BCUT2D eigenvalue weighted by Gasteiger charge is 2.07. The summed E-state index contributed by atoms with van der Waals surface area (Å²) in [5, 5.41) is 3.14. The lowest BCUT2D eigenvalue weighted by atomic mass is 10.1. The van der Waals surface area contributed by atoms with Crippen LogP contribution in [0.15, 0.2) is 36.9 Å². The quantitative estimate of drug-likeness (QED) is 0.674. The number of anilines is 2. The van der Waals surface area contributed by atoms with Crippen molar-refractivity contribution in [1.29, 1.82) is 0 Å². The van der Waals surface area contributed by atoms with Crippen molar-refractivity contribution in [1.82, 2.24) is 9.55 Å². The number of primary amides is 1. The second kappa shape index (κ2) is 5.22. The smallest absolute Gasteiger partial charge is 0.250 e. The molecule has 6 nitrogen and oxygen atoms in total. The molecule has 0 fully saturated rings. The van der Waals surface area contributed by atoms with Gasteiger partial charge >= 0.3 is 0 Å². The Labute approximate surface area is 105 Å². The molecule has 0 aliphatic carbocycles. The number of hydrogen-bond acceptors (Lipinski definition) is 4. The summed E-state index contributed by atoms with van der Waals surface area (Å²) in [4.78, 5) is 15.2. The van der Waals surface area contributed by atoms with Crippen molar-refractivity contribution in [2.75, 3.05) is 17.6 Å². The van der Waals surface area contributed by atoms with Crippen molar-refractivity contribution in [3.63, 3.8) is 0 Å². The van der Waals surface area contributed by atoms with Crippen LogP contribution in [0.2, 0.25) is 0 Å². The standard InChI is InChI=1S/C12H15N5O/c13-9-1-2-10(12(14)18)11(7-9)16-4-6-17-5-3-15-8-17/h1-3,5,7-8,16H,4,6,13H2,(H2,14,18). The van der Waals surface area contributed by atoms with Crippen LogP contribution in [0.25, 0.3) is 0 Å². The third-order valence-electron chi connectivity index (χ3n) is 2.55. The zero-order chi connectivity index (χ0) is 13.0. The molecule has 0 aliphatic heterocycles. The zero-order valence-electron chi connectivity index (χ0n) is 9.84. The molecule has 2 rings (SSSR count). The Balaban J connectivity index is 2.03. The van der Waals surface area contributed by atoms with Gasteiger partial charge in [-0.15, -0.1) is 0 Å². The molecule has 0 bridgehead atoms. The Hall–Kier alpha value is -2.50. The van der Waals surface area contributed by atoms with E-state index in [-0.39, 0.29) is 0 Å². The van der Waals surface area contributed by atoms with Crippen molar-refractivity contribution in [2.45, 2.75) is 6.54 Å². The SMILES string of the molecule is NC(=O)c1ccc(N)cc1NCCn1ccnc1. The van der Waals surface area contributed by atoms with Gasteiger partial charge in [0.2, 0.25) is 0 Å². The number of carbonyl (C=O) groups is 1. The summed E-state index contributed by atoms with van der Waals surface area (Å²) in [5.74, 6) is -0.472. The molecule has 1 aromatic carbocycles. The molecule has 2 aromatic rings. The van der Waals surface area contributed by atoms with Crippen LogP contribution in [-0.4, -0.2) is 22.0 Å². The normalized spacial score (nSPS) is 10.2. The maximum absolute atomic E-state index is 11.3. The first-order valence-electron chi connectivity index (χ1n) is 5.56. The first-order valence-corrected chi connectivity index (χ1v) is 5.56. The number of nitrogens with two attached hydrogens (primary N) is 2. The van der Waals surface area contributed by atoms with E-state index >= 15 is 0 Å². The lowest BCUT2D eigenvalue weighted by molar-refractivity contribution is 0.100. The molecule has 94 valence electrons. The average molecular weight is 245 g/mol. The summed E-state index contributed by atoms with van der Waals surface area (Å²) >= 11 is 0. The van der Waals surface area contributed by atoms with Gasteiger partial charge in [-0.25, -0.2) is 4.98 Å². The van der Waals surface area contributed by atoms with Gasteiger partial charge in [0.05, 0.1) is 11.9 Å². The molecule has 0 spiro atoms. The Bertz CT molecular complexity index is 535. The van der Waals surface area contributed by atoms with Gasteiger partial charge in [0.25, 0.3) is 5.91 Å². The van der Waals surface area contributed by atoms with Crippen LogP contribution in [-0.2, 0) is 6.54 Å². The molecular weight excluding hydrogens is 230 g/mol. The summed E-state index contributed by atoms with van der Waals surface area (Å²) in [6.45, 7) is 1.40. The fourth-order valence-electron chi connectivity index (χ4n) is 1.66. The predicted molar refractivity (Wildman–Crippen MR) is 70.1 cm³/mol. The van der Waals surface area contributed by atoms with Crippen molar-refractivity contribution < 1.29 is 4.79 Å². The molecule has 0 saturated heterocycles. The molecule has 0 atom stereocenters. The Morgan fingerprint density at radius 1 is 1.44 bits per heavy atom. The largest absolute Gasteiger partial charge is 0.399 e. The van der Waals surface area contributed by atoms with Gasteiger partial charge in [-0.05, 0) is 18.2 Å². The van der Waals surface area contributed by atoms with Crippen molar-refractivity contribution in [3.8, 4) is 0 Å². The monoisotopic (exact) mass is 245 g/mol. The second-order valence-corrected chi connectivity index (χ2v) is 3.90. The minimum Gasteiger partial charge on any atom is -0.399 e. The van der Waals surface area contributed by atoms with Crippen LogP contribution in [0.1, 0.15) is 10.4 Å². The summed E-state index contributed by atoms with van der Waals surface area (Å²) in [6.07, 6.45) is 5.32. The molecule has 1 aromatic heterocycles. The van der Waals surface area contributed by atoms with E-state index in [4.69, 9.17) is 11.5 Å². The topological polar surface area (TPSA) is 99.0 Å². The van der Waals surface area contributed by atoms with Gasteiger partial charge in [-0.3, -0.25) is 4.79 Å². The summed E-state index contributed by atoms with van der Waals surface area (Å²) in [5.41, 5.74) is 12.7. The highest BCUT2D eigenvalue weighted by atomic mass is 16.1. The van der Waals surface area contributed by atoms with Crippen molar-refractivity contribution >= 4 is 17.3 Å². The van der Waals surface area contributed by atoms with E-state index in [0.29, 0.717) is 23.5 Å². The van der Waals surface area contributed by atoms with Gasteiger partial charge in [0.15, 0.2) is 0 Å². The fraction of sp³-hybridized carbons (Fsp3) is 0.167. The Morgan fingerprint density at radius 3 is 2.94 bits per heavy atom. The highest BCUT2D eigenvalue weighted by molar-refractivity contribution is 5.99. The number of benzene rings is 1. The van der Waals surface area contributed by atoms with E-state index in [1.165, 1.54) is 0 Å². The van der Waals surface area contributed by atoms with Crippen LogP contribution in [0.3, 0.4) is 0 Å². The molecule has 6 heteroatoms. The molecule has 1 heterocycles. The van der Waals surface area contributed by atoms with Crippen LogP contribution >= 0.6 is 0 Å².